The van der Waals surface area contributed by atoms with E-state index < -0.39 is 0 Å². The molecule has 0 aliphatic rings. The zero-order valence-corrected chi connectivity index (χ0v) is 11.8. The second-order valence-corrected chi connectivity index (χ2v) is 5.46. The third kappa shape index (κ3) is 2.08. The highest BCUT2D eigenvalue weighted by Crippen LogP contribution is 2.25. The number of halogens is 1. The molecule has 0 saturated heterocycles. The highest BCUT2D eigenvalue weighted by molar-refractivity contribution is 9.10. The molecule has 0 fully saturated rings. The number of benzene rings is 2. The van der Waals surface area contributed by atoms with Crippen LogP contribution < -0.4 is 0 Å². The molecule has 0 spiro atoms. The first-order chi connectivity index (χ1) is 8.74. The zero-order valence-electron chi connectivity index (χ0n) is 10.2. The summed E-state index contributed by atoms with van der Waals surface area (Å²) in [5.74, 6) is 0. The minimum atomic E-state index is 0.918. The summed E-state index contributed by atoms with van der Waals surface area (Å²) in [6.45, 7) is 3.05. The zero-order chi connectivity index (χ0) is 12.5. The molecule has 0 bridgehead atoms. The smallest absolute Gasteiger partial charge is 0.0494 e. The number of hydrogen-bond acceptors (Lipinski definition) is 0. The molecule has 0 radical (unpaired) electrons. The number of hydrogen-bond donors (Lipinski definition) is 0. The van der Waals surface area contributed by atoms with Crippen molar-refractivity contribution >= 4 is 26.8 Å². The van der Waals surface area contributed by atoms with Gasteiger partial charge in [0.05, 0.1) is 0 Å². The lowest BCUT2D eigenvalue weighted by Crippen LogP contribution is -1.97. The van der Waals surface area contributed by atoms with E-state index in [4.69, 9.17) is 0 Å². The first-order valence-corrected chi connectivity index (χ1v) is 6.82. The van der Waals surface area contributed by atoms with E-state index in [1.807, 2.05) is 0 Å². The van der Waals surface area contributed by atoms with E-state index in [1.165, 1.54) is 22.0 Å². The van der Waals surface area contributed by atoms with Gasteiger partial charge in [-0.05, 0) is 30.7 Å². The lowest BCUT2D eigenvalue weighted by molar-refractivity contribution is 0.836. The Kier molecular flexibility index (Phi) is 2.96. The maximum atomic E-state index is 3.59. The van der Waals surface area contributed by atoms with Crippen LogP contribution in [0.5, 0.6) is 0 Å². The number of fused-ring (bicyclic) bond motifs is 1. The average molecular weight is 300 g/mol. The Hall–Kier alpha value is -1.54. The van der Waals surface area contributed by atoms with Gasteiger partial charge in [0.1, 0.15) is 0 Å². The van der Waals surface area contributed by atoms with Gasteiger partial charge in [-0.2, -0.15) is 0 Å². The summed E-state index contributed by atoms with van der Waals surface area (Å²) in [6, 6.07) is 17.2. The molecular weight excluding hydrogens is 286 g/mol. The van der Waals surface area contributed by atoms with Gasteiger partial charge in [-0.15, -0.1) is 0 Å². The van der Waals surface area contributed by atoms with Crippen LogP contribution in [0.2, 0.25) is 0 Å². The van der Waals surface area contributed by atoms with E-state index in [0.717, 1.165) is 11.0 Å². The summed E-state index contributed by atoms with van der Waals surface area (Å²) >= 11 is 3.59. The molecule has 0 atom stereocenters. The van der Waals surface area contributed by atoms with Crippen molar-refractivity contribution in [1.82, 2.24) is 4.57 Å². The Labute approximate surface area is 115 Å². The molecule has 1 aromatic heterocycles. The largest absolute Gasteiger partial charge is 0.343 e. The second-order valence-electron chi connectivity index (χ2n) is 4.61. The summed E-state index contributed by atoms with van der Waals surface area (Å²) in [4.78, 5) is 0. The molecule has 0 N–H and O–H groups in total. The molecule has 2 heteroatoms. The second kappa shape index (κ2) is 4.62. The molecule has 2 aromatic carbocycles. The van der Waals surface area contributed by atoms with Gasteiger partial charge in [-0.3, -0.25) is 0 Å². The first-order valence-electron chi connectivity index (χ1n) is 6.03. The molecular formula is C16H14BrN. The molecule has 18 heavy (non-hydrogen) atoms. The van der Waals surface area contributed by atoms with Crippen LogP contribution in [0.1, 0.15) is 11.1 Å². The van der Waals surface area contributed by atoms with Crippen molar-refractivity contribution < 1.29 is 0 Å². The highest BCUT2D eigenvalue weighted by Gasteiger charge is 2.04. The normalized spacial score (nSPS) is 11.0. The lowest BCUT2D eigenvalue weighted by Gasteiger charge is -2.07. The monoisotopic (exact) mass is 299 g/mol. The van der Waals surface area contributed by atoms with Crippen molar-refractivity contribution in [2.45, 2.75) is 13.5 Å². The van der Waals surface area contributed by atoms with Crippen molar-refractivity contribution in [2.24, 2.45) is 0 Å². The van der Waals surface area contributed by atoms with E-state index in [1.54, 1.807) is 0 Å². The van der Waals surface area contributed by atoms with Crippen LogP contribution in [-0.4, -0.2) is 4.57 Å². The van der Waals surface area contributed by atoms with Crippen LogP contribution in [0.4, 0.5) is 0 Å². The van der Waals surface area contributed by atoms with Gasteiger partial charge < -0.3 is 4.57 Å². The van der Waals surface area contributed by atoms with Crippen LogP contribution in [0.25, 0.3) is 10.9 Å². The summed E-state index contributed by atoms with van der Waals surface area (Å²) < 4.78 is 3.44. The molecule has 0 aliphatic heterocycles. The SMILES string of the molecule is Cc1cccc(Cn2ccc3c(Br)cccc32)c1. The molecule has 1 heterocycles. The predicted octanol–water partition coefficient (Wildman–Crippen LogP) is 4.76. The van der Waals surface area contributed by atoms with Crippen LogP contribution in [0.3, 0.4) is 0 Å². The molecule has 0 aliphatic carbocycles. The Morgan fingerprint density at radius 1 is 1.06 bits per heavy atom. The number of rotatable bonds is 2. The van der Waals surface area contributed by atoms with Crippen LogP contribution in [0.15, 0.2) is 59.2 Å². The fourth-order valence-electron chi connectivity index (χ4n) is 2.33. The molecule has 90 valence electrons. The maximum Gasteiger partial charge on any atom is 0.0494 e. The van der Waals surface area contributed by atoms with Gasteiger partial charge in [0.15, 0.2) is 0 Å². The topological polar surface area (TPSA) is 4.93 Å². The fraction of sp³-hybridized carbons (Fsp3) is 0.125. The van der Waals surface area contributed by atoms with Gasteiger partial charge in [0.25, 0.3) is 0 Å². The summed E-state index contributed by atoms with van der Waals surface area (Å²) in [7, 11) is 0. The number of nitrogens with zero attached hydrogens (tertiary/aromatic N) is 1. The molecule has 1 nitrogen and oxygen atoms in total. The van der Waals surface area contributed by atoms with Crippen molar-refractivity contribution in [1.29, 1.82) is 0 Å². The van der Waals surface area contributed by atoms with Crippen molar-refractivity contribution in [3.63, 3.8) is 0 Å². The molecule has 0 amide bonds. The minimum absolute atomic E-state index is 0.918. The maximum absolute atomic E-state index is 3.59. The van der Waals surface area contributed by atoms with Crippen LogP contribution in [-0.2, 0) is 6.54 Å². The van der Waals surface area contributed by atoms with Gasteiger partial charge in [-0.1, -0.05) is 51.8 Å². The van der Waals surface area contributed by atoms with E-state index in [9.17, 15) is 0 Å². The van der Waals surface area contributed by atoms with Gasteiger partial charge in [0.2, 0.25) is 0 Å². The van der Waals surface area contributed by atoms with Gasteiger partial charge >= 0.3 is 0 Å². The van der Waals surface area contributed by atoms with Crippen LogP contribution in [0, 0.1) is 6.92 Å². The molecule has 3 aromatic rings. The Bertz CT molecular complexity index is 697. The number of aryl methyl sites for hydroxylation is 1. The number of aromatic nitrogens is 1. The van der Waals surface area contributed by atoms with E-state index in [2.05, 4.69) is 82.1 Å². The summed E-state index contributed by atoms with van der Waals surface area (Å²) in [6.07, 6.45) is 2.15. The molecule has 3 rings (SSSR count). The summed E-state index contributed by atoms with van der Waals surface area (Å²) in [5.41, 5.74) is 3.92. The fourth-order valence-corrected chi connectivity index (χ4v) is 2.82. The highest BCUT2D eigenvalue weighted by atomic mass is 79.9. The third-order valence-electron chi connectivity index (χ3n) is 3.20. The first kappa shape index (κ1) is 11.5. The van der Waals surface area contributed by atoms with Crippen LogP contribution >= 0.6 is 15.9 Å². The quantitative estimate of drug-likeness (QED) is 0.643. The van der Waals surface area contributed by atoms with Gasteiger partial charge in [0, 0.05) is 28.1 Å². The van der Waals surface area contributed by atoms with E-state index >= 15 is 0 Å². The van der Waals surface area contributed by atoms with Crippen molar-refractivity contribution in [2.75, 3.05) is 0 Å². The van der Waals surface area contributed by atoms with Gasteiger partial charge in [-0.25, -0.2) is 0 Å². The third-order valence-corrected chi connectivity index (χ3v) is 3.89. The van der Waals surface area contributed by atoms with E-state index in [0.29, 0.717) is 0 Å². The lowest BCUT2D eigenvalue weighted by atomic mass is 10.1. The minimum Gasteiger partial charge on any atom is -0.343 e. The standard InChI is InChI=1S/C16H14BrN/c1-12-4-2-5-13(10-12)11-18-9-8-14-15(17)6-3-7-16(14)18/h2-10H,11H2,1H3. The summed E-state index contributed by atoms with van der Waals surface area (Å²) in [5, 5.41) is 1.27. The molecule has 0 saturated carbocycles. The Morgan fingerprint density at radius 3 is 2.72 bits per heavy atom. The predicted molar refractivity (Wildman–Crippen MR) is 79.9 cm³/mol. The van der Waals surface area contributed by atoms with E-state index in [-0.39, 0.29) is 0 Å². The average Bonchev–Trinajstić information content (AvgIpc) is 2.74. The van der Waals surface area contributed by atoms with Crippen molar-refractivity contribution in [3.8, 4) is 0 Å². The molecule has 0 unspecified atom stereocenters. The Morgan fingerprint density at radius 2 is 1.89 bits per heavy atom. The van der Waals surface area contributed by atoms with Crippen molar-refractivity contribution in [3.05, 3.63) is 70.3 Å². The Balaban J connectivity index is 2.03.